The molecule has 0 amide bonds. The number of Topliss-reactive ketones (excluding diaryl/α,β-unsaturated/α-hetero) is 1. The molecule has 0 fully saturated rings. The molecule has 1 heterocycles. The number of aromatic hydroxyl groups is 4. The SMILES string of the molecule is CC(=O)C1OC(=O)c2cc(O)cc(O)c2C1c1ccc(O)c(O)c1. The van der Waals surface area contributed by atoms with E-state index in [-0.39, 0.29) is 28.4 Å². The maximum atomic E-state index is 12.1. The highest BCUT2D eigenvalue weighted by Crippen LogP contribution is 2.44. The van der Waals surface area contributed by atoms with Crippen LogP contribution in [0.2, 0.25) is 0 Å². The Morgan fingerprint density at radius 2 is 1.71 bits per heavy atom. The third kappa shape index (κ3) is 2.40. The highest BCUT2D eigenvalue weighted by Gasteiger charge is 2.41. The van der Waals surface area contributed by atoms with Gasteiger partial charge in [-0.25, -0.2) is 4.79 Å². The lowest BCUT2D eigenvalue weighted by Gasteiger charge is -2.32. The van der Waals surface area contributed by atoms with Crippen LogP contribution in [0, 0.1) is 0 Å². The van der Waals surface area contributed by atoms with Gasteiger partial charge in [0, 0.05) is 11.6 Å². The number of hydrogen-bond acceptors (Lipinski definition) is 7. The Morgan fingerprint density at radius 1 is 1.00 bits per heavy atom. The largest absolute Gasteiger partial charge is 0.508 e. The van der Waals surface area contributed by atoms with E-state index in [1.165, 1.54) is 25.1 Å². The molecule has 7 nitrogen and oxygen atoms in total. The van der Waals surface area contributed by atoms with E-state index in [9.17, 15) is 30.0 Å². The molecule has 1 aliphatic rings. The lowest BCUT2D eigenvalue weighted by molar-refractivity contribution is -0.126. The van der Waals surface area contributed by atoms with Crippen LogP contribution in [0.4, 0.5) is 0 Å². The second-order valence-corrected chi connectivity index (χ2v) is 5.59. The summed E-state index contributed by atoms with van der Waals surface area (Å²) in [6, 6.07) is 6.11. The quantitative estimate of drug-likeness (QED) is 0.488. The number of fused-ring (bicyclic) bond motifs is 1. The molecule has 0 saturated heterocycles. The number of rotatable bonds is 2. The Bertz CT molecular complexity index is 856. The maximum Gasteiger partial charge on any atom is 0.339 e. The van der Waals surface area contributed by atoms with E-state index in [2.05, 4.69) is 0 Å². The number of esters is 1. The molecule has 0 bridgehead atoms. The Balaban J connectivity index is 2.27. The normalized spacial score (nSPS) is 19.5. The van der Waals surface area contributed by atoms with Crippen LogP contribution < -0.4 is 0 Å². The van der Waals surface area contributed by atoms with Gasteiger partial charge < -0.3 is 25.2 Å². The Morgan fingerprint density at radius 3 is 2.33 bits per heavy atom. The molecule has 0 aliphatic carbocycles. The first-order valence-corrected chi connectivity index (χ1v) is 7.08. The minimum Gasteiger partial charge on any atom is -0.508 e. The molecule has 2 unspecified atom stereocenters. The zero-order chi connectivity index (χ0) is 17.6. The molecule has 24 heavy (non-hydrogen) atoms. The minimum absolute atomic E-state index is 0.0671. The van der Waals surface area contributed by atoms with Gasteiger partial charge in [-0.05, 0) is 30.7 Å². The van der Waals surface area contributed by atoms with Gasteiger partial charge >= 0.3 is 5.97 Å². The molecule has 7 heteroatoms. The van der Waals surface area contributed by atoms with Crippen molar-refractivity contribution in [2.24, 2.45) is 0 Å². The molecule has 0 spiro atoms. The fourth-order valence-electron chi connectivity index (χ4n) is 2.91. The first-order chi connectivity index (χ1) is 11.3. The number of carbonyl (C=O) groups is 2. The van der Waals surface area contributed by atoms with Crippen molar-refractivity contribution < 1.29 is 34.8 Å². The summed E-state index contributed by atoms with van der Waals surface area (Å²) in [5, 5.41) is 39.0. The van der Waals surface area contributed by atoms with Crippen LogP contribution in [0.15, 0.2) is 30.3 Å². The second kappa shape index (κ2) is 5.45. The molecular weight excluding hydrogens is 316 g/mol. The van der Waals surface area contributed by atoms with Crippen molar-refractivity contribution in [3.63, 3.8) is 0 Å². The lowest BCUT2D eigenvalue weighted by atomic mass is 9.80. The van der Waals surface area contributed by atoms with Crippen molar-refractivity contribution in [3.8, 4) is 23.0 Å². The molecule has 0 radical (unpaired) electrons. The van der Waals surface area contributed by atoms with Crippen molar-refractivity contribution >= 4 is 11.8 Å². The lowest BCUT2D eigenvalue weighted by Crippen LogP contribution is -2.37. The summed E-state index contributed by atoms with van der Waals surface area (Å²) < 4.78 is 5.17. The molecule has 124 valence electrons. The number of carbonyl (C=O) groups excluding carboxylic acids is 2. The molecule has 1 aliphatic heterocycles. The van der Waals surface area contributed by atoms with Crippen molar-refractivity contribution in [1.29, 1.82) is 0 Å². The van der Waals surface area contributed by atoms with Crippen molar-refractivity contribution in [1.82, 2.24) is 0 Å². The van der Waals surface area contributed by atoms with E-state index in [0.717, 1.165) is 12.1 Å². The van der Waals surface area contributed by atoms with Crippen molar-refractivity contribution in [2.45, 2.75) is 18.9 Å². The summed E-state index contributed by atoms with van der Waals surface area (Å²) in [6.45, 7) is 1.24. The van der Waals surface area contributed by atoms with Gasteiger partial charge in [-0.1, -0.05) is 6.07 Å². The zero-order valence-electron chi connectivity index (χ0n) is 12.6. The molecule has 2 atom stereocenters. The predicted molar refractivity (Wildman–Crippen MR) is 81.3 cm³/mol. The second-order valence-electron chi connectivity index (χ2n) is 5.59. The number of benzene rings is 2. The maximum absolute atomic E-state index is 12.1. The van der Waals surface area contributed by atoms with Crippen LogP contribution in [0.1, 0.15) is 34.3 Å². The first kappa shape index (κ1) is 15.7. The molecule has 2 aromatic rings. The van der Waals surface area contributed by atoms with E-state index in [4.69, 9.17) is 4.74 Å². The zero-order valence-corrected chi connectivity index (χ0v) is 12.6. The van der Waals surface area contributed by atoms with Gasteiger partial charge in [0.2, 0.25) is 0 Å². The van der Waals surface area contributed by atoms with E-state index in [0.29, 0.717) is 5.56 Å². The fourth-order valence-corrected chi connectivity index (χ4v) is 2.91. The van der Waals surface area contributed by atoms with Crippen LogP contribution in [-0.2, 0) is 9.53 Å². The summed E-state index contributed by atoms with van der Waals surface area (Å²) in [4.78, 5) is 24.1. The number of ketones is 1. The van der Waals surface area contributed by atoms with Crippen LogP contribution in [0.3, 0.4) is 0 Å². The predicted octanol–water partition coefficient (Wildman–Crippen LogP) is 1.77. The molecular formula is C17H14O7. The van der Waals surface area contributed by atoms with E-state index in [1.807, 2.05) is 0 Å². The van der Waals surface area contributed by atoms with Crippen LogP contribution in [-0.4, -0.2) is 38.3 Å². The monoisotopic (exact) mass is 330 g/mol. The van der Waals surface area contributed by atoms with Crippen molar-refractivity contribution in [2.75, 3.05) is 0 Å². The summed E-state index contributed by atoms with van der Waals surface area (Å²) in [5.41, 5.74) is 0.414. The molecule has 0 saturated carbocycles. The van der Waals surface area contributed by atoms with E-state index >= 15 is 0 Å². The number of ether oxygens (including phenoxy) is 1. The summed E-state index contributed by atoms with van der Waals surface area (Å²) in [5.74, 6) is -3.62. The van der Waals surface area contributed by atoms with Crippen molar-refractivity contribution in [3.05, 3.63) is 47.0 Å². The van der Waals surface area contributed by atoms with Crippen LogP contribution >= 0.6 is 0 Å². The third-order valence-corrected chi connectivity index (χ3v) is 3.97. The van der Waals surface area contributed by atoms with Crippen LogP contribution in [0.5, 0.6) is 23.0 Å². The average Bonchev–Trinajstić information content (AvgIpc) is 2.50. The molecule has 2 aromatic carbocycles. The van der Waals surface area contributed by atoms with E-state index < -0.39 is 29.5 Å². The van der Waals surface area contributed by atoms with Gasteiger partial charge in [-0.3, -0.25) is 4.79 Å². The Kier molecular flexibility index (Phi) is 3.56. The smallest absolute Gasteiger partial charge is 0.339 e. The number of phenols is 4. The third-order valence-electron chi connectivity index (χ3n) is 3.97. The number of hydrogen-bond donors (Lipinski definition) is 4. The minimum atomic E-state index is -1.20. The molecule has 0 aromatic heterocycles. The summed E-state index contributed by atoms with van der Waals surface area (Å²) in [7, 11) is 0. The molecule has 3 rings (SSSR count). The standard InChI is InChI=1S/C17H14O7/c1-7(18)16-14(8-2-3-11(20)12(21)4-8)15-10(17(23)24-16)5-9(19)6-13(15)22/h2-6,14,16,19-22H,1H3. The van der Waals surface area contributed by atoms with Gasteiger partial charge in [-0.15, -0.1) is 0 Å². The van der Waals surface area contributed by atoms with Gasteiger partial charge in [0.15, 0.2) is 23.4 Å². The average molecular weight is 330 g/mol. The highest BCUT2D eigenvalue weighted by molar-refractivity contribution is 5.98. The topological polar surface area (TPSA) is 124 Å². The van der Waals surface area contributed by atoms with Gasteiger partial charge in [0.05, 0.1) is 11.5 Å². The van der Waals surface area contributed by atoms with Gasteiger partial charge in [0.1, 0.15) is 11.5 Å². The number of cyclic esters (lactones) is 1. The summed E-state index contributed by atoms with van der Waals surface area (Å²) >= 11 is 0. The highest BCUT2D eigenvalue weighted by atomic mass is 16.5. The van der Waals surface area contributed by atoms with Gasteiger partial charge in [-0.2, -0.15) is 0 Å². The Hall–Kier alpha value is -3.22. The Labute approximate surface area is 136 Å². The summed E-state index contributed by atoms with van der Waals surface area (Å²) in [6.07, 6.45) is -1.20. The van der Waals surface area contributed by atoms with Crippen LogP contribution in [0.25, 0.3) is 0 Å². The van der Waals surface area contributed by atoms with Gasteiger partial charge in [0.25, 0.3) is 0 Å². The number of phenolic OH excluding ortho intramolecular Hbond substituents is 4. The molecule has 4 N–H and O–H groups in total. The first-order valence-electron chi connectivity index (χ1n) is 7.08. The van der Waals surface area contributed by atoms with E-state index in [1.54, 1.807) is 0 Å². The fraction of sp³-hybridized carbons (Fsp3) is 0.176.